The van der Waals surface area contributed by atoms with Gasteiger partial charge in [-0.1, -0.05) is 18.2 Å². The Morgan fingerprint density at radius 1 is 1.21 bits per heavy atom. The van der Waals surface area contributed by atoms with E-state index in [0.717, 1.165) is 17.2 Å². The van der Waals surface area contributed by atoms with Crippen LogP contribution in [0.5, 0.6) is 0 Å². The van der Waals surface area contributed by atoms with Gasteiger partial charge in [0.2, 0.25) is 5.89 Å². The molecule has 19 heavy (non-hydrogen) atoms. The van der Waals surface area contributed by atoms with E-state index in [1.54, 1.807) is 6.20 Å². The summed E-state index contributed by atoms with van der Waals surface area (Å²) in [5.74, 6) is 1.57. The maximum absolute atomic E-state index is 5.83. The average molecular weight is 258 g/mol. The first kappa shape index (κ1) is 13.8. The summed E-state index contributed by atoms with van der Waals surface area (Å²) < 4.78 is 5.83. The monoisotopic (exact) mass is 258 g/mol. The number of nitrogens with zero attached hydrogens (tertiary/aromatic N) is 1. The van der Waals surface area contributed by atoms with Crippen LogP contribution in [-0.2, 0) is 6.54 Å². The van der Waals surface area contributed by atoms with Crippen molar-refractivity contribution in [3.8, 4) is 11.3 Å². The smallest absolute Gasteiger partial charge is 0.208 e. The summed E-state index contributed by atoms with van der Waals surface area (Å²) in [6, 6.07) is 6.23. The van der Waals surface area contributed by atoms with Crippen molar-refractivity contribution in [2.45, 2.75) is 46.7 Å². The lowest BCUT2D eigenvalue weighted by Gasteiger charge is -2.18. The summed E-state index contributed by atoms with van der Waals surface area (Å²) >= 11 is 0. The second-order valence-electron chi connectivity index (χ2n) is 5.97. The Labute approximate surface area is 115 Å². The molecule has 0 unspecified atom stereocenters. The van der Waals surface area contributed by atoms with E-state index in [1.807, 2.05) is 6.07 Å². The molecule has 0 fully saturated rings. The van der Waals surface area contributed by atoms with Crippen molar-refractivity contribution in [3.05, 3.63) is 41.4 Å². The SMILES string of the molecule is Cc1cccc(-c2cnc(CNC(C)(C)C)o2)c1C. The zero-order chi connectivity index (χ0) is 14.0. The molecule has 0 amide bonds. The summed E-state index contributed by atoms with van der Waals surface area (Å²) in [6.07, 6.45) is 1.81. The molecule has 2 aromatic rings. The summed E-state index contributed by atoms with van der Waals surface area (Å²) in [4.78, 5) is 4.34. The van der Waals surface area contributed by atoms with Gasteiger partial charge in [-0.05, 0) is 45.7 Å². The number of benzene rings is 1. The van der Waals surface area contributed by atoms with Crippen LogP contribution in [0.15, 0.2) is 28.8 Å². The van der Waals surface area contributed by atoms with Crippen LogP contribution in [0.1, 0.15) is 37.8 Å². The molecule has 0 aliphatic carbocycles. The first-order valence-electron chi connectivity index (χ1n) is 6.63. The average Bonchev–Trinajstić information content (AvgIpc) is 2.78. The van der Waals surface area contributed by atoms with Gasteiger partial charge in [-0.2, -0.15) is 0 Å². The van der Waals surface area contributed by atoms with Crippen LogP contribution in [0.4, 0.5) is 0 Å². The fourth-order valence-electron chi connectivity index (χ4n) is 1.88. The van der Waals surface area contributed by atoms with E-state index in [1.165, 1.54) is 11.1 Å². The van der Waals surface area contributed by atoms with Crippen LogP contribution in [-0.4, -0.2) is 10.5 Å². The quantitative estimate of drug-likeness (QED) is 0.908. The van der Waals surface area contributed by atoms with Crippen LogP contribution in [0.2, 0.25) is 0 Å². The first-order chi connectivity index (χ1) is 8.87. The summed E-state index contributed by atoms with van der Waals surface area (Å²) in [5, 5.41) is 3.37. The maximum atomic E-state index is 5.83. The number of aryl methyl sites for hydroxylation is 1. The molecule has 102 valence electrons. The van der Waals surface area contributed by atoms with Crippen molar-refractivity contribution in [1.29, 1.82) is 0 Å². The van der Waals surface area contributed by atoms with Gasteiger partial charge in [0.25, 0.3) is 0 Å². The molecule has 1 aromatic heterocycles. The Morgan fingerprint density at radius 3 is 2.63 bits per heavy atom. The molecule has 1 aromatic carbocycles. The van der Waals surface area contributed by atoms with E-state index in [4.69, 9.17) is 4.42 Å². The molecule has 0 spiro atoms. The zero-order valence-corrected chi connectivity index (χ0v) is 12.4. The van der Waals surface area contributed by atoms with Crippen molar-refractivity contribution < 1.29 is 4.42 Å². The molecule has 2 rings (SSSR count). The lowest BCUT2D eigenvalue weighted by molar-refractivity contribution is 0.383. The van der Waals surface area contributed by atoms with Gasteiger partial charge < -0.3 is 9.73 Å². The molecule has 0 saturated carbocycles. The Hall–Kier alpha value is -1.61. The molecule has 0 aliphatic rings. The predicted octanol–water partition coefficient (Wildman–Crippen LogP) is 3.85. The molecule has 0 atom stereocenters. The van der Waals surface area contributed by atoms with Crippen molar-refractivity contribution in [2.75, 3.05) is 0 Å². The highest BCUT2D eigenvalue weighted by molar-refractivity contribution is 5.62. The molecule has 1 N–H and O–H groups in total. The zero-order valence-electron chi connectivity index (χ0n) is 12.4. The van der Waals surface area contributed by atoms with Crippen LogP contribution < -0.4 is 5.32 Å². The summed E-state index contributed by atoms with van der Waals surface area (Å²) in [7, 11) is 0. The maximum Gasteiger partial charge on any atom is 0.208 e. The Morgan fingerprint density at radius 2 is 1.95 bits per heavy atom. The molecular formula is C16H22N2O. The highest BCUT2D eigenvalue weighted by Gasteiger charge is 2.13. The highest BCUT2D eigenvalue weighted by Crippen LogP contribution is 2.26. The number of hydrogen-bond donors (Lipinski definition) is 1. The van der Waals surface area contributed by atoms with Crippen molar-refractivity contribution in [2.24, 2.45) is 0 Å². The van der Waals surface area contributed by atoms with E-state index >= 15 is 0 Å². The van der Waals surface area contributed by atoms with Crippen LogP contribution >= 0.6 is 0 Å². The molecule has 1 heterocycles. The van der Waals surface area contributed by atoms with Crippen LogP contribution in [0, 0.1) is 13.8 Å². The van der Waals surface area contributed by atoms with E-state index in [0.29, 0.717) is 6.54 Å². The highest BCUT2D eigenvalue weighted by atomic mass is 16.4. The number of nitrogens with one attached hydrogen (secondary N) is 1. The minimum Gasteiger partial charge on any atom is -0.439 e. The Bertz CT molecular complexity index is 564. The van der Waals surface area contributed by atoms with E-state index in [-0.39, 0.29) is 5.54 Å². The molecule has 0 radical (unpaired) electrons. The molecular weight excluding hydrogens is 236 g/mol. The van der Waals surface area contributed by atoms with E-state index in [2.05, 4.69) is 57.1 Å². The van der Waals surface area contributed by atoms with Crippen molar-refractivity contribution in [1.82, 2.24) is 10.3 Å². The van der Waals surface area contributed by atoms with E-state index < -0.39 is 0 Å². The second kappa shape index (κ2) is 5.17. The van der Waals surface area contributed by atoms with Gasteiger partial charge in [-0.15, -0.1) is 0 Å². The summed E-state index contributed by atoms with van der Waals surface area (Å²) in [6.45, 7) is 11.2. The minimum atomic E-state index is 0.0634. The third-order valence-corrected chi connectivity index (χ3v) is 3.19. The largest absolute Gasteiger partial charge is 0.439 e. The lowest BCUT2D eigenvalue weighted by Crippen LogP contribution is -2.35. The molecule has 0 saturated heterocycles. The van der Waals surface area contributed by atoms with Crippen molar-refractivity contribution in [3.63, 3.8) is 0 Å². The second-order valence-corrected chi connectivity index (χ2v) is 5.97. The van der Waals surface area contributed by atoms with Gasteiger partial charge in [-0.25, -0.2) is 4.98 Å². The van der Waals surface area contributed by atoms with Crippen LogP contribution in [0.3, 0.4) is 0 Å². The topological polar surface area (TPSA) is 38.1 Å². The predicted molar refractivity (Wildman–Crippen MR) is 78.0 cm³/mol. The normalized spacial score (nSPS) is 11.8. The van der Waals surface area contributed by atoms with Gasteiger partial charge in [0.05, 0.1) is 12.7 Å². The number of rotatable bonds is 3. The van der Waals surface area contributed by atoms with E-state index in [9.17, 15) is 0 Å². The first-order valence-corrected chi connectivity index (χ1v) is 6.63. The van der Waals surface area contributed by atoms with Gasteiger partial charge in [-0.3, -0.25) is 0 Å². The molecule has 0 aliphatic heterocycles. The van der Waals surface area contributed by atoms with Crippen molar-refractivity contribution >= 4 is 0 Å². The Balaban J connectivity index is 2.19. The van der Waals surface area contributed by atoms with Gasteiger partial charge in [0.1, 0.15) is 0 Å². The van der Waals surface area contributed by atoms with Crippen LogP contribution in [0.25, 0.3) is 11.3 Å². The standard InChI is InChI=1S/C16H22N2O/c1-11-7-6-8-13(12(11)2)14-9-17-15(19-14)10-18-16(3,4)5/h6-9,18H,10H2,1-5H3. The van der Waals surface area contributed by atoms with Gasteiger partial charge in [0.15, 0.2) is 5.76 Å². The number of aromatic nitrogens is 1. The number of oxazole rings is 1. The fraction of sp³-hybridized carbons (Fsp3) is 0.438. The lowest BCUT2D eigenvalue weighted by atomic mass is 10.0. The fourth-order valence-corrected chi connectivity index (χ4v) is 1.88. The third kappa shape index (κ3) is 3.44. The van der Waals surface area contributed by atoms with Gasteiger partial charge in [0, 0.05) is 11.1 Å². The molecule has 0 bridgehead atoms. The third-order valence-electron chi connectivity index (χ3n) is 3.19. The minimum absolute atomic E-state index is 0.0634. The molecule has 3 heteroatoms. The summed E-state index contributed by atoms with van der Waals surface area (Å²) in [5.41, 5.74) is 3.69. The van der Waals surface area contributed by atoms with Gasteiger partial charge >= 0.3 is 0 Å². The number of hydrogen-bond acceptors (Lipinski definition) is 3. The molecule has 3 nitrogen and oxygen atoms in total. The Kier molecular flexibility index (Phi) is 3.76.